The van der Waals surface area contributed by atoms with Crippen LogP contribution in [0.4, 0.5) is 4.39 Å². The van der Waals surface area contributed by atoms with Crippen LogP contribution in [0, 0.1) is 5.82 Å². The van der Waals surface area contributed by atoms with Crippen LogP contribution in [-0.2, 0) is 6.54 Å². The molecule has 0 spiro atoms. The SMILES string of the molecule is Oc1cc(F)cc(-c2cccc3[nH]c(-c4n[nH]c5cnc(-c6cncc(CN7CCCC7)c6)cc45)cc23)c1. The van der Waals surface area contributed by atoms with E-state index in [1.807, 2.05) is 42.7 Å². The highest BCUT2D eigenvalue weighted by Crippen LogP contribution is 2.36. The summed E-state index contributed by atoms with van der Waals surface area (Å²) in [6.07, 6.45) is 8.11. The van der Waals surface area contributed by atoms with Gasteiger partial charge in [-0.2, -0.15) is 5.10 Å². The number of nitrogens with zero attached hydrogens (tertiary/aromatic N) is 4. The predicted molar refractivity (Wildman–Crippen MR) is 146 cm³/mol. The molecule has 188 valence electrons. The van der Waals surface area contributed by atoms with Gasteiger partial charge < -0.3 is 10.1 Å². The van der Waals surface area contributed by atoms with Crippen LogP contribution in [0.1, 0.15) is 18.4 Å². The summed E-state index contributed by atoms with van der Waals surface area (Å²) >= 11 is 0. The summed E-state index contributed by atoms with van der Waals surface area (Å²) in [5.41, 5.74) is 7.76. The molecule has 1 fully saturated rings. The van der Waals surface area contributed by atoms with E-state index in [0.717, 1.165) is 75.7 Å². The number of aromatic hydroxyl groups is 1. The largest absolute Gasteiger partial charge is 0.508 e. The summed E-state index contributed by atoms with van der Waals surface area (Å²) in [6, 6.07) is 16.1. The number of aromatic amines is 2. The topological polar surface area (TPSA) is 93.7 Å². The number of hydrogen-bond donors (Lipinski definition) is 3. The first-order valence-corrected chi connectivity index (χ1v) is 12.7. The molecular weight excluding hydrogens is 479 g/mol. The van der Waals surface area contributed by atoms with Gasteiger partial charge in [-0.05, 0) is 79.0 Å². The molecule has 5 heterocycles. The summed E-state index contributed by atoms with van der Waals surface area (Å²) in [6.45, 7) is 3.18. The smallest absolute Gasteiger partial charge is 0.127 e. The van der Waals surface area contributed by atoms with Crippen molar-refractivity contribution in [3.63, 3.8) is 0 Å². The number of H-pyrrole nitrogens is 2. The maximum Gasteiger partial charge on any atom is 0.127 e. The minimum Gasteiger partial charge on any atom is -0.508 e. The van der Waals surface area contributed by atoms with Gasteiger partial charge in [0.15, 0.2) is 0 Å². The van der Waals surface area contributed by atoms with Gasteiger partial charge in [-0.1, -0.05) is 12.1 Å². The first kappa shape index (κ1) is 22.6. The van der Waals surface area contributed by atoms with Crippen LogP contribution in [0.25, 0.3) is 55.6 Å². The van der Waals surface area contributed by atoms with Crippen molar-refractivity contribution in [1.29, 1.82) is 0 Å². The number of aromatic nitrogens is 5. The molecular formula is C30H25FN6O. The van der Waals surface area contributed by atoms with E-state index in [1.165, 1.54) is 24.5 Å². The third kappa shape index (κ3) is 4.09. The molecule has 0 saturated carbocycles. The molecule has 7 rings (SSSR count). The number of nitrogens with one attached hydrogen (secondary N) is 2. The fourth-order valence-corrected chi connectivity index (χ4v) is 5.46. The third-order valence-corrected chi connectivity index (χ3v) is 7.26. The number of rotatable bonds is 5. The van der Waals surface area contributed by atoms with Crippen LogP contribution in [0.15, 0.2) is 73.2 Å². The van der Waals surface area contributed by atoms with Crippen LogP contribution in [0.3, 0.4) is 0 Å². The maximum absolute atomic E-state index is 14.0. The minimum absolute atomic E-state index is 0.106. The highest BCUT2D eigenvalue weighted by atomic mass is 19.1. The van der Waals surface area contributed by atoms with Crippen molar-refractivity contribution >= 4 is 21.8 Å². The molecule has 8 heteroatoms. The average molecular weight is 505 g/mol. The van der Waals surface area contributed by atoms with Crippen LogP contribution in [0.5, 0.6) is 5.75 Å². The van der Waals surface area contributed by atoms with Crippen LogP contribution in [-0.4, -0.2) is 48.2 Å². The van der Waals surface area contributed by atoms with E-state index in [9.17, 15) is 9.50 Å². The second-order valence-electron chi connectivity index (χ2n) is 9.90. The molecule has 1 aliphatic heterocycles. The summed E-state index contributed by atoms with van der Waals surface area (Å²) in [5.74, 6) is -0.588. The predicted octanol–water partition coefficient (Wildman–Crippen LogP) is 6.28. The summed E-state index contributed by atoms with van der Waals surface area (Å²) in [5, 5.41) is 19.5. The Hall–Kier alpha value is -4.56. The average Bonchev–Trinajstić information content (AvgIpc) is 3.67. The Bertz CT molecular complexity index is 1780. The fourth-order valence-electron chi connectivity index (χ4n) is 5.46. The molecule has 4 aromatic heterocycles. The third-order valence-electron chi connectivity index (χ3n) is 7.26. The molecule has 0 amide bonds. The molecule has 6 aromatic rings. The molecule has 1 aliphatic rings. The van der Waals surface area contributed by atoms with Gasteiger partial charge >= 0.3 is 0 Å². The van der Waals surface area contributed by atoms with E-state index in [2.05, 4.69) is 36.1 Å². The fraction of sp³-hybridized carbons (Fsp3) is 0.167. The van der Waals surface area contributed by atoms with Crippen molar-refractivity contribution in [3.8, 4) is 39.5 Å². The molecule has 0 atom stereocenters. The lowest BCUT2D eigenvalue weighted by molar-refractivity contribution is 0.331. The molecule has 38 heavy (non-hydrogen) atoms. The molecule has 0 aliphatic carbocycles. The van der Waals surface area contributed by atoms with E-state index in [4.69, 9.17) is 0 Å². The number of benzene rings is 2. The van der Waals surface area contributed by atoms with Gasteiger partial charge in [0, 0.05) is 46.9 Å². The number of likely N-dealkylation sites (tertiary alicyclic amines) is 1. The van der Waals surface area contributed by atoms with Gasteiger partial charge in [-0.3, -0.25) is 20.0 Å². The van der Waals surface area contributed by atoms with Gasteiger partial charge in [0.1, 0.15) is 17.3 Å². The van der Waals surface area contributed by atoms with Crippen LogP contribution < -0.4 is 0 Å². The van der Waals surface area contributed by atoms with Crippen molar-refractivity contribution in [3.05, 3.63) is 84.6 Å². The zero-order chi connectivity index (χ0) is 25.6. The Morgan fingerprint density at radius 3 is 2.66 bits per heavy atom. The zero-order valence-electron chi connectivity index (χ0n) is 20.6. The molecule has 7 nitrogen and oxygen atoms in total. The summed E-state index contributed by atoms with van der Waals surface area (Å²) in [4.78, 5) is 15.1. The Morgan fingerprint density at radius 2 is 1.79 bits per heavy atom. The van der Waals surface area contributed by atoms with Crippen molar-refractivity contribution < 1.29 is 9.50 Å². The monoisotopic (exact) mass is 504 g/mol. The second-order valence-corrected chi connectivity index (χ2v) is 9.90. The molecule has 3 N–H and O–H groups in total. The molecule has 2 aromatic carbocycles. The van der Waals surface area contributed by atoms with Crippen molar-refractivity contribution in [2.75, 3.05) is 13.1 Å². The Morgan fingerprint density at radius 1 is 0.895 bits per heavy atom. The number of pyridine rings is 2. The van der Waals surface area contributed by atoms with Crippen LogP contribution >= 0.6 is 0 Å². The number of halogens is 1. The van der Waals surface area contributed by atoms with E-state index >= 15 is 0 Å². The molecule has 0 radical (unpaired) electrons. The van der Waals surface area contributed by atoms with Gasteiger partial charge in [0.05, 0.1) is 23.1 Å². The highest BCUT2D eigenvalue weighted by molar-refractivity contribution is 6.01. The number of phenolic OH excluding ortho intramolecular Hbond substituents is 1. The summed E-state index contributed by atoms with van der Waals surface area (Å²) in [7, 11) is 0. The van der Waals surface area contributed by atoms with Gasteiger partial charge in [-0.15, -0.1) is 0 Å². The van der Waals surface area contributed by atoms with E-state index in [1.54, 1.807) is 12.3 Å². The lowest BCUT2D eigenvalue weighted by Crippen LogP contribution is -2.18. The number of fused-ring (bicyclic) bond motifs is 2. The zero-order valence-corrected chi connectivity index (χ0v) is 20.6. The standard InChI is InChI=1S/C30H25FN6O/c31-21-9-19(10-22(38)11-21)23-4-3-5-26-24(23)12-28(34-26)30-25-13-27(33-16-29(25)35-36-30)20-8-18(14-32-15-20)17-37-6-1-2-7-37/h3-5,8-16,34,38H,1-2,6-7,17H2,(H,35,36). The number of phenols is 1. The number of hydrogen-bond acceptors (Lipinski definition) is 5. The first-order valence-electron chi connectivity index (χ1n) is 12.7. The van der Waals surface area contributed by atoms with Gasteiger partial charge in [0.25, 0.3) is 0 Å². The lowest BCUT2D eigenvalue weighted by Gasteiger charge is -2.14. The van der Waals surface area contributed by atoms with Crippen molar-refractivity contribution in [2.24, 2.45) is 0 Å². The second kappa shape index (κ2) is 9.08. The highest BCUT2D eigenvalue weighted by Gasteiger charge is 2.16. The quantitative estimate of drug-likeness (QED) is 0.257. The first-order chi connectivity index (χ1) is 18.6. The van der Waals surface area contributed by atoms with E-state index in [-0.39, 0.29) is 5.75 Å². The molecule has 0 unspecified atom stereocenters. The lowest BCUT2D eigenvalue weighted by atomic mass is 10.0. The minimum atomic E-state index is -0.481. The van der Waals surface area contributed by atoms with Crippen molar-refractivity contribution in [1.82, 2.24) is 30.0 Å². The van der Waals surface area contributed by atoms with E-state index < -0.39 is 5.82 Å². The van der Waals surface area contributed by atoms with Gasteiger partial charge in [0.2, 0.25) is 0 Å². The summed E-state index contributed by atoms with van der Waals surface area (Å²) < 4.78 is 14.0. The maximum atomic E-state index is 14.0. The Kier molecular flexibility index (Phi) is 5.40. The Labute approximate surface area is 218 Å². The van der Waals surface area contributed by atoms with Crippen molar-refractivity contribution in [2.45, 2.75) is 19.4 Å². The molecule has 1 saturated heterocycles. The van der Waals surface area contributed by atoms with Gasteiger partial charge in [-0.25, -0.2) is 4.39 Å². The van der Waals surface area contributed by atoms with E-state index in [0.29, 0.717) is 5.56 Å². The normalized spacial score (nSPS) is 14.1. The Balaban J connectivity index is 1.28. The van der Waals surface area contributed by atoms with Crippen LogP contribution in [0.2, 0.25) is 0 Å². The molecule has 0 bridgehead atoms.